The number of amides is 1. The molecule has 1 aromatic carbocycles. The molecule has 0 atom stereocenters. The zero-order chi connectivity index (χ0) is 19.4. The molecule has 3 aromatic rings. The van der Waals surface area contributed by atoms with Gasteiger partial charge in [0.15, 0.2) is 0 Å². The van der Waals surface area contributed by atoms with E-state index in [1.807, 2.05) is 54.4 Å². The minimum Gasteiger partial charge on any atom is -0.497 e. The second-order valence-corrected chi connectivity index (χ2v) is 7.62. The van der Waals surface area contributed by atoms with Crippen molar-refractivity contribution in [2.75, 3.05) is 14.2 Å². The van der Waals surface area contributed by atoms with Gasteiger partial charge in [0, 0.05) is 30.1 Å². The van der Waals surface area contributed by atoms with E-state index in [1.165, 1.54) is 4.88 Å². The van der Waals surface area contributed by atoms with Crippen molar-refractivity contribution in [2.45, 2.75) is 33.2 Å². The summed E-state index contributed by atoms with van der Waals surface area (Å²) in [6, 6.07) is 11.9. The van der Waals surface area contributed by atoms with Crippen LogP contribution in [-0.2, 0) is 17.8 Å². The number of thiophene rings is 1. The number of rotatable bonds is 7. The van der Waals surface area contributed by atoms with Crippen LogP contribution in [0.3, 0.4) is 0 Å². The molecule has 0 N–H and O–H groups in total. The van der Waals surface area contributed by atoms with E-state index in [1.54, 1.807) is 23.3 Å². The third-order valence-corrected chi connectivity index (χ3v) is 5.59. The molecule has 0 aliphatic carbocycles. The molecule has 0 radical (unpaired) electrons. The normalized spacial score (nSPS) is 10.8. The number of ether oxygens (including phenoxy) is 1. The lowest BCUT2D eigenvalue weighted by atomic mass is 10.1. The predicted octanol–water partition coefficient (Wildman–Crippen LogP) is 4.15. The van der Waals surface area contributed by atoms with Crippen LogP contribution < -0.4 is 4.74 Å². The van der Waals surface area contributed by atoms with Crippen molar-refractivity contribution in [3.05, 3.63) is 63.6 Å². The van der Waals surface area contributed by atoms with Crippen molar-refractivity contribution in [2.24, 2.45) is 0 Å². The summed E-state index contributed by atoms with van der Waals surface area (Å²) in [7, 11) is 3.52. The Bertz CT molecular complexity index is 916. The molecule has 0 unspecified atom stereocenters. The van der Waals surface area contributed by atoms with Gasteiger partial charge in [-0.2, -0.15) is 5.10 Å². The van der Waals surface area contributed by atoms with E-state index in [0.29, 0.717) is 19.4 Å². The Morgan fingerprint density at radius 1 is 1.26 bits per heavy atom. The zero-order valence-corrected chi connectivity index (χ0v) is 17.0. The maximum Gasteiger partial charge on any atom is 0.222 e. The van der Waals surface area contributed by atoms with Gasteiger partial charge in [-0.1, -0.05) is 12.1 Å². The molecule has 0 aliphatic rings. The Morgan fingerprint density at radius 3 is 2.78 bits per heavy atom. The minimum absolute atomic E-state index is 0.149. The van der Waals surface area contributed by atoms with E-state index < -0.39 is 0 Å². The maximum absolute atomic E-state index is 12.5. The number of aryl methyl sites for hydroxylation is 1. The lowest BCUT2D eigenvalue weighted by Gasteiger charge is -2.16. The Balaban J connectivity index is 1.70. The van der Waals surface area contributed by atoms with Gasteiger partial charge in [0.25, 0.3) is 0 Å². The summed E-state index contributed by atoms with van der Waals surface area (Å²) in [5, 5.41) is 6.71. The number of benzene rings is 1. The first-order valence-electron chi connectivity index (χ1n) is 8.95. The van der Waals surface area contributed by atoms with Crippen LogP contribution in [0, 0.1) is 13.8 Å². The van der Waals surface area contributed by atoms with Gasteiger partial charge in [0.1, 0.15) is 5.75 Å². The summed E-state index contributed by atoms with van der Waals surface area (Å²) >= 11 is 1.67. The summed E-state index contributed by atoms with van der Waals surface area (Å²) in [6.07, 6.45) is 1.17. The number of hydrogen-bond acceptors (Lipinski definition) is 4. The topological polar surface area (TPSA) is 47.4 Å². The smallest absolute Gasteiger partial charge is 0.222 e. The number of carbonyl (C=O) groups excluding carboxylic acids is 1. The monoisotopic (exact) mass is 383 g/mol. The molecule has 5 nitrogen and oxygen atoms in total. The lowest BCUT2D eigenvalue weighted by Crippen LogP contribution is -2.26. The van der Waals surface area contributed by atoms with Gasteiger partial charge in [-0.15, -0.1) is 11.3 Å². The summed E-state index contributed by atoms with van der Waals surface area (Å²) in [5.74, 6) is 0.948. The molecular formula is C21H25N3O2S. The fourth-order valence-electron chi connectivity index (χ4n) is 3.18. The van der Waals surface area contributed by atoms with Gasteiger partial charge in [0.05, 0.1) is 25.0 Å². The highest BCUT2D eigenvalue weighted by molar-refractivity contribution is 7.09. The molecule has 0 aliphatic heterocycles. The molecule has 27 heavy (non-hydrogen) atoms. The largest absolute Gasteiger partial charge is 0.497 e. The third kappa shape index (κ3) is 4.39. The van der Waals surface area contributed by atoms with Crippen LogP contribution in [0.25, 0.3) is 5.69 Å². The van der Waals surface area contributed by atoms with Crippen LogP contribution in [0.1, 0.15) is 28.2 Å². The molecule has 0 saturated heterocycles. The maximum atomic E-state index is 12.5. The molecule has 2 aromatic heterocycles. The van der Waals surface area contributed by atoms with Crippen LogP contribution >= 0.6 is 11.3 Å². The van der Waals surface area contributed by atoms with Crippen molar-refractivity contribution in [3.63, 3.8) is 0 Å². The van der Waals surface area contributed by atoms with Crippen molar-refractivity contribution in [3.8, 4) is 11.4 Å². The van der Waals surface area contributed by atoms with Crippen LogP contribution in [0.4, 0.5) is 0 Å². The van der Waals surface area contributed by atoms with E-state index in [9.17, 15) is 4.79 Å². The summed E-state index contributed by atoms with van der Waals surface area (Å²) in [6.45, 7) is 4.71. The fourth-order valence-corrected chi connectivity index (χ4v) is 3.93. The van der Waals surface area contributed by atoms with Gasteiger partial charge >= 0.3 is 0 Å². The Hall–Kier alpha value is -2.60. The van der Waals surface area contributed by atoms with Crippen LogP contribution in [0.15, 0.2) is 41.8 Å². The first kappa shape index (κ1) is 19.2. The highest BCUT2D eigenvalue weighted by Crippen LogP contribution is 2.22. The quantitative estimate of drug-likeness (QED) is 0.616. The van der Waals surface area contributed by atoms with Crippen molar-refractivity contribution in [1.82, 2.24) is 14.7 Å². The first-order chi connectivity index (χ1) is 13.0. The fraction of sp³-hybridized carbons (Fsp3) is 0.333. The van der Waals surface area contributed by atoms with E-state index in [-0.39, 0.29) is 5.91 Å². The standard InChI is InChI=1S/C21H25N3O2S/c1-15-20(10-11-21(25)23(3)14-19-9-6-12-27-19)16(2)24(22-15)17-7-5-8-18(13-17)26-4/h5-9,12-13H,10-11,14H2,1-4H3. The molecule has 1 amide bonds. The summed E-state index contributed by atoms with van der Waals surface area (Å²) in [4.78, 5) is 15.5. The third-order valence-electron chi connectivity index (χ3n) is 4.73. The number of carbonyl (C=O) groups is 1. The SMILES string of the molecule is COc1cccc(-n2nc(C)c(CCC(=O)N(C)Cc3cccs3)c2C)c1. The van der Waals surface area contributed by atoms with Crippen molar-refractivity contribution in [1.29, 1.82) is 0 Å². The Labute approximate surface area is 164 Å². The van der Waals surface area contributed by atoms with E-state index in [2.05, 4.69) is 18.1 Å². The van der Waals surface area contributed by atoms with Gasteiger partial charge < -0.3 is 9.64 Å². The first-order valence-corrected chi connectivity index (χ1v) is 9.83. The molecule has 0 saturated carbocycles. The van der Waals surface area contributed by atoms with Crippen LogP contribution in [0.2, 0.25) is 0 Å². The number of aromatic nitrogens is 2. The molecule has 0 fully saturated rings. The van der Waals surface area contributed by atoms with Gasteiger partial charge in [-0.3, -0.25) is 4.79 Å². The molecule has 0 spiro atoms. The lowest BCUT2D eigenvalue weighted by molar-refractivity contribution is -0.130. The van der Waals surface area contributed by atoms with Crippen LogP contribution in [-0.4, -0.2) is 34.7 Å². The molecule has 6 heteroatoms. The van der Waals surface area contributed by atoms with Crippen molar-refractivity contribution >= 4 is 17.2 Å². The van der Waals surface area contributed by atoms with Crippen molar-refractivity contribution < 1.29 is 9.53 Å². The predicted molar refractivity (Wildman–Crippen MR) is 109 cm³/mol. The highest BCUT2D eigenvalue weighted by Gasteiger charge is 2.16. The van der Waals surface area contributed by atoms with E-state index >= 15 is 0 Å². The molecule has 3 rings (SSSR count). The Kier molecular flexibility index (Phi) is 5.96. The zero-order valence-electron chi connectivity index (χ0n) is 16.2. The summed E-state index contributed by atoms with van der Waals surface area (Å²) in [5.41, 5.74) is 4.12. The van der Waals surface area contributed by atoms with E-state index in [4.69, 9.17) is 4.74 Å². The molecule has 2 heterocycles. The second-order valence-electron chi connectivity index (χ2n) is 6.59. The molecular weight excluding hydrogens is 358 g/mol. The Morgan fingerprint density at radius 2 is 2.07 bits per heavy atom. The van der Waals surface area contributed by atoms with Gasteiger partial charge in [-0.05, 0) is 49.4 Å². The molecule has 0 bridgehead atoms. The molecule has 142 valence electrons. The van der Waals surface area contributed by atoms with Gasteiger partial charge in [-0.25, -0.2) is 4.68 Å². The average molecular weight is 384 g/mol. The second kappa shape index (κ2) is 8.39. The van der Waals surface area contributed by atoms with E-state index in [0.717, 1.165) is 28.4 Å². The minimum atomic E-state index is 0.149. The average Bonchev–Trinajstić information content (AvgIpc) is 3.28. The number of nitrogens with zero attached hydrogens (tertiary/aromatic N) is 3. The number of methoxy groups -OCH3 is 1. The summed E-state index contributed by atoms with van der Waals surface area (Å²) < 4.78 is 7.23. The van der Waals surface area contributed by atoms with Crippen LogP contribution in [0.5, 0.6) is 5.75 Å². The number of hydrogen-bond donors (Lipinski definition) is 0. The van der Waals surface area contributed by atoms with Gasteiger partial charge in [0.2, 0.25) is 5.91 Å². The highest BCUT2D eigenvalue weighted by atomic mass is 32.1.